The van der Waals surface area contributed by atoms with Crippen LogP contribution in [0.4, 0.5) is 11.8 Å². The quantitative estimate of drug-likeness (QED) is 0.639. The van der Waals surface area contributed by atoms with Gasteiger partial charge < -0.3 is 14.6 Å². The second kappa shape index (κ2) is 7.73. The zero-order chi connectivity index (χ0) is 21.5. The fourth-order valence-corrected chi connectivity index (χ4v) is 4.97. The van der Waals surface area contributed by atoms with Gasteiger partial charge in [-0.05, 0) is 32.0 Å². The van der Waals surface area contributed by atoms with Gasteiger partial charge in [-0.3, -0.25) is 4.57 Å². The fourth-order valence-electron chi connectivity index (χ4n) is 3.52. The summed E-state index contributed by atoms with van der Waals surface area (Å²) in [7, 11) is -2.14. The minimum atomic E-state index is -3.69. The number of aromatic nitrogens is 3. The molecule has 10 nitrogen and oxygen atoms in total. The number of benzene rings is 1. The first kappa shape index (κ1) is 20.4. The first-order valence-corrected chi connectivity index (χ1v) is 11.2. The normalized spacial score (nSPS) is 15.6. The number of oxazole rings is 1. The smallest absolute Gasteiger partial charge is 0.408 e. The van der Waals surface area contributed by atoms with Gasteiger partial charge in [-0.2, -0.15) is 9.29 Å². The number of hydrogen-bond acceptors (Lipinski definition) is 8. The Balaban J connectivity index is 1.53. The van der Waals surface area contributed by atoms with E-state index in [1.54, 1.807) is 7.05 Å². The largest absolute Gasteiger partial charge is 0.419 e. The molecule has 0 radical (unpaired) electrons. The molecule has 0 atom stereocenters. The number of sulfonamides is 1. The van der Waals surface area contributed by atoms with Crippen LogP contribution in [-0.4, -0.2) is 60.0 Å². The highest BCUT2D eigenvalue weighted by atomic mass is 32.2. The lowest BCUT2D eigenvalue weighted by Gasteiger charge is -2.34. The molecule has 3 aromatic rings. The molecule has 30 heavy (non-hydrogen) atoms. The Morgan fingerprint density at radius 1 is 1.13 bits per heavy atom. The highest BCUT2D eigenvalue weighted by molar-refractivity contribution is 7.89. The molecule has 0 bridgehead atoms. The molecule has 3 heterocycles. The van der Waals surface area contributed by atoms with Crippen LogP contribution in [0.3, 0.4) is 0 Å². The van der Waals surface area contributed by atoms with Crippen LogP contribution in [0.1, 0.15) is 12.6 Å². The predicted octanol–water partition coefficient (Wildman–Crippen LogP) is 1.17. The molecule has 1 aromatic carbocycles. The number of aryl methyl sites for hydroxylation is 2. The number of nitrogens with zero attached hydrogens (tertiary/aromatic N) is 5. The second-order valence-corrected chi connectivity index (χ2v) is 9.11. The van der Waals surface area contributed by atoms with Gasteiger partial charge in [0.05, 0.1) is 10.4 Å². The molecule has 11 heteroatoms. The maximum Gasteiger partial charge on any atom is 0.419 e. The van der Waals surface area contributed by atoms with Crippen LogP contribution >= 0.6 is 0 Å². The molecule has 0 aliphatic carbocycles. The molecule has 160 valence electrons. The highest BCUT2D eigenvalue weighted by Crippen LogP contribution is 2.24. The van der Waals surface area contributed by atoms with Crippen molar-refractivity contribution in [3.05, 3.63) is 40.5 Å². The molecule has 2 aromatic heterocycles. The van der Waals surface area contributed by atoms with E-state index in [0.717, 1.165) is 18.1 Å². The van der Waals surface area contributed by atoms with E-state index in [-0.39, 0.29) is 4.90 Å². The fraction of sp³-hybridized carbons (Fsp3) is 0.421. The van der Waals surface area contributed by atoms with Gasteiger partial charge in [0.25, 0.3) is 0 Å². The summed E-state index contributed by atoms with van der Waals surface area (Å²) in [6, 6.07) is 6.38. The Kier molecular flexibility index (Phi) is 5.24. The molecule has 4 rings (SSSR count). The van der Waals surface area contributed by atoms with E-state index >= 15 is 0 Å². The van der Waals surface area contributed by atoms with Crippen molar-refractivity contribution in [2.24, 2.45) is 7.05 Å². The lowest BCUT2D eigenvalue weighted by atomic mass is 10.3. The number of fused-ring (bicyclic) bond motifs is 1. The van der Waals surface area contributed by atoms with Gasteiger partial charge >= 0.3 is 5.76 Å². The van der Waals surface area contributed by atoms with E-state index in [9.17, 15) is 13.2 Å². The van der Waals surface area contributed by atoms with Crippen LogP contribution in [0.25, 0.3) is 11.1 Å². The SMILES string of the molecule is CCNc1nc(C)cc(N2CCN(S(=O)(=O)c3ccc4oc(=O)n(C)c4c3)CC2)n1. The van der Waals surface area contributed by atoms with Crippen molar-refractivity contribution >= 4 is 32.9 Å². The van der Waals surface area contributed by atoms with E-state index in [4.69, 9.17) is 4.42 Å². The molecular weight excluding hydrogens is 408 g/mol. The molecule has 0 amide bonds. The molecule has 0 saturated carbocycles. The van der Waals surface area contributed by atoms with Gasteiger partial charge in [0.15, 0.2) is 5.58 Å². The molecule has 0 spiro atoms. The molecule has 1 N–H and O–H groups in total. The van der Waals surface area contributed by atoms with E-state index < -0.39 is 15.8 Å². The van der Waals surface area contributed by atoms with Crippen LogP contribution in [0.5, 0.6) is 0 Å². The Hall–Kier alpha value is -2.92. The van der Waals surface area contributed by atoms with E-state index in [1.807, 2.05) is 19.9 Å². The number of hydrogen-bond donors (Lipinski definition) is 1. The van der Waals surface area contributed by atoms with Gasteiger partial charge in [0.2, 0.25) is 16.0 Å². The summed E-state index contributed by atoms with van der Waals surface area (Å²) in [4.78, 5) is 22.8. The summed E-state index contributed by atoms with van der Waals surface area (Å²) in [5.41, 5.74) is 1.67. The average Bonchev–Trinajstić information content (AvgIpc) is 3.01. The third-order valence-electron chi connectivity index (χ3n) is 5.14. The predicted molar refractivity (Wildman–Crippen MR) is 113 cm³/mol. The third kappa shape index (κ3) is 3.65. The lowest BCUT2D eigenvalue weighted by molar-refractivity contribution is 0.384. The van der Waals surface area contributed by atoms with Crippen molar-refractivity contribution in [2.75, 3.05) is 42.9 Å². The van der Waals surface area contributed by atoms with Crippen LogP contribution in [-0.2, 0) is 17.1 Å². The number of anilines is 2. The Morgan fingerprint density at radius 3 is 2.57 bits per heavy atom. The Bertz CT molecular complexity index is 1240. The molecule has 1 fully saturated rings. The van der Waals surface area contributed by atoms with Gasteiger partial charge in [-0.15, -0.1) is 0 Å². The first-order chi connectivity index (χ1) is 14.3. The standard InChI is InChI=1S/C19H24N6O4S/c1-4-20-18-21-13(2)11-17(22-18)24-7-9-25(10-8-24)30(27,28)14-5-6-16-15(12-14)23(3)19(26)29-16/h5-6,11-12H,4,7-10H2,1-3H3,(H,20,21,22). The summed E-state index contributed by atoms with van der Waals surface area (Å²) in [5.74, 6) is 0.831. The van der Waals surface area contributed by atoms with Crippen LogP contribution in [0, 0.1) is 6.92 Å². The zero-order valence-corrected chi connectivity index (χ0v) is 17.9. The third-order valence-corrected chi connectivity index (χ3v) is 7.03. The Morgan fingerprint density at radius 2 is 1.87 bits per heavy atom. The Labute approximate surface area is 174 Å². The van der Waals surface area contributed by atoms with Crippen LogP contribution in [0.2, 0.25) is 0 Å². The van der Waals surface area contributed by atoms with Crippen molar-refractivity contribution < 1.29 is 12.8 Å². The summed E-state index contributed by atoms with van der Waals surface area (Å²) >= 11 is 0. The molecule has 1 aliphatic rings. The minimum absolute atomic E-state index is 0.146. The van der Waals surface area contributed by atoms with Gasteiger partial charge in [0.1, 0.15) is 5.82 Å². The number of piperazine rings is 1. The van der Waals surface area contributed by atoms with Crippen molar-refractivity contribution in [2.45, 2.75) is 18.7 Å². The summed E-state index contributed by atoms with van der Waals surface area (Å²) in [6.07, 6.45) is 0. The van der Waals surface area contributed by atoms with Crippen molar-refractivity contribution in [3.63, 3.8) is 0 Å². The van der Waals surface area contributed by atoms with Crippen LogP contribution < -0.4 is 16.0 Å². The monoisotopic (exact) mass is 432 g/mol. The lowest BCUT2D eigenvalue weighted by Crippen LogP contribution is -2.49. The van der Waals surface area contributed by atoms with Crippen molar-refractivity contribution in [1.82, 2.24) is 18.8 Å². The number of nitrogens with one attached hydrogen (secondary N) is 1. The molecular formula is C19H24N6O4S. The highest BCUT2D eigenvalue weighted by Gasteiger charge is 2.29. The van der Waals surface area contributed by atoms with E-state index in [0.29, 0.717) is 43.2 Å². The van der Waals surface area contributed by atoms with Gasteiger partial charge in [0, 0.05) is 51.5 Å². The van der Waals surface area contributed by atoms with Gasteiger partial charge in [-0.1, -0.05) is 0 Å². The van der Waals surface area contributed by atoms with Crippen molar-refractivity contribution in [3.8, 4) is 0 Å². The molecule has 1 aliphatic heterocycles. The second-order valence-electron chi connectivity index (χ2n) is 7.17. The maximum absolute atomic E-state index is 13.1. The summed E-state index contributed by atoms with van der Waals surface area (Å²) in [6.45, 7) is 6.33. The van der Waals surface area contributed by atoms with Crippen molar-refractivity contribution in [1.29, 1.82) is 0 Å². The zero-order valence-electron chi connectivity index (χ0n) is 17.1. The van der Waals surface area contributed by atoms with E-state index in [1.165, 1.54) is 27.1 Å². The van der Waals surface area contributed by atoms with Crippen LogP contribution in [0.15, 0.2) is 38.4 Å². The van der Waals surface area contributed by atoms with E-state index in [2.05, 4.69) is 20.2 Å². The average molecular weight is 433 g/mol. The maximum atomic E-state index is 13.1. The van der Waals surface area contributed by atoms with Gasteiger partial charge in [-0.25, -0.2) is 18.2 Å². The summed E-state index contributed by atoms with van der Waals surface area (Å²) in [5, 5.41) is 3.12. The molecule has 0 unspecified atom stereocenters. The molecule has 1 saturated heterocycles. The number of rotatable bonds is 5. The topological polar surface area (TPSA) is 114 Å². The minimum Gasteiger partial charge on any atom is -0.408 e. The first-order valence-electron chi connectivity index (χ1n) is 9.74. The summed E-state index contributed by atoms with van der Waals surface area (Å²) < 4.78 is 34.1.